The third-order valence-electron chi connectivity index (χ3n) is 10.6. The van der Waals surface area contributed by atoms with Crippen molar-refractivity contribution < 1.29 is 33.3 Å². The van der Waals surface area contributed by atoms with Crippen molar-refractivity contribution in [3.63, 3.8) is 0 Å². The average Bonchev–Trinajstić information content (AvgIpc) is 3.80. The third kappa shape index (κ3) is 7.20. The molecule has 11 heteroatoms. The normalized spacial score (nSPS) is 17.9. The minimum absolute atomic E-state index is 0.120. The lowest BCUT2D eigenvalue weighted by Gasteiger charge is -2.19. The van der Waals surface area contributed by atoms with Gasteiger partial charge in [0, 0.05) is 55.4 Å². The number of hydrogen-bond acceptors (Lipinski definition) is 9. The van der Waals surface area contributed by atoms with Crippen LogP contribution in [0.4, 0.5) is 11.4 Å². The second-order valence-corrected chi connectivity index (χ2v) is 14.2. The highest BCUT2D eigenvalue weighted by atomic mass is 16.5. The maximum absolute atomic E-state index is 13.7. The van der Waals surface area contributed by atoms with Crippen LogP contribution in [0.15, 0.2) is 95.2 Å². The van der Waals surface area contributed by atoms with Crippen LogP contribution in [-0.4, -0.2) is 79.8 Å². The van der Waals surface area contributed by atoms with E-state index in [1.54, 1.807) is 66.6 Å². The van der Waals surface area contributed by atoms with Gasteiger partial charge in [-0.25, -0.2) is 0 Å². The molecule has 2 atom stereocenters. The highest BCUT2D eigenvalue weighted by Gasteiger charge is 2.35. The molecule has 0 N–H and O–H groups in total. The molecular formula is C45H42N4O7. The lowest BCUT2D eigenvalue weighted by molar-refractivity contribution is 0.0809. The fourth-order valence-corrected chi connectivity index (χ4v) is 7.43. The van der Waals surface area contributed by atoms with Gasteiger partial charge in [0.05, 0.1) is 62.0 Å². The first kappa shape index (κ1) is 36.5. The Bertz CT molecular complexity index is 2310. The summed E-state index contributed by atoms with van der Waals surface area (Å²) in [5, 5.41) is 0. The number of methoxy groups -OCH3 is 2. The smallest absolute Gasteiger partial charge is 0.260 e. The van der Waals surface area contributed by atoms with Crippen LogP contribution in [0.3, 0.4) is 0 Å². The summed E-state index contributed by atoms with van der Waals surface area (Å²) in [5.41, 5.74) is 7.97. The fourth-order valence-electron chi connectivity index (χ4n) is 7.43. The van der Waals surface area contributed by atoms with Gasteiger partial charge in [-0.15, -0.1) is 0 Å². The quantitative estimate of drug-likeness (QED) is 0.0995. The number of rotatable bonds is 13. The molecule has 0 spiro atoms. The zero-order chi connectivity index (χ0) is 38.8. The molecule has 0 aliphatic carbocycles. The molecule has 0 saturated carbocycles. The van der Waals surface area contributed by atoms with E-state index in [0.29, 0.717) is 77.1 Å². The van der Waals surface area contributed by atoms with E-state index in [1.165, 1.54) is 5.56 Å². The van der Waals surface area contributed by atoms with Crippen LogP contribution in [0.1, 0.15) is 79.9 Å². The average molecular weight is 751 g/mol. The summed E-state index contributed by atoms with van der Waals surface area (Å²) in [6, 6.07) is 22.3. The van der Waals surface area contributed by atoms with E-state index >= 15 is 0 Å². The van der Waals surface area contributed by atoms with Crippen molar-refractivity contribution in [3.8, 4) is 23.0 Å². The molecular weight excluding hydrogens is 709 g/mol. The summed E-state index contributed by atoms with van der Waals surface area (Å²) in [4.78, 5) is 51.3. The number of aliphatic imine (C=N–C) groups is 2. The molecule has 0 fully saturated rings. The van der Waals surface area contributed by atoms with Gasteiger partial charge in [-0.1, -0.05) is 54.1 Å². The second-order valence-electron chi connectivity index (χ2n) is 14.2. The molecule has 0 saturated heterocycles. The number of carbonyl (C=O) groups excluding carboxylic acids is 3. The number of unbranched alkanes of at least 4 members (excludes halogenated alkanes) is 2. The number of carbonyl (C=O) groups is 3. The van der Waals surface area contributed by atoms with E-state index in [-0.39, 0.29) is 23.9 Å². The number of aryl methyl sites for hydroxylation is 1. The van der Waals surface area contributed by atoms with E-state index in [4.69, 9.17) is 23.9 Å². The zero-order valence-corrected chi connectivity index (χ0v) is 31.6. The Morgan fingerprint density at radius 2 is 1.11 bits per heavy atom. The minimum Gasteiger partial charge on any atom is -0.493 e. The van der Waals surface area contributed by atoms with E-state index in [1.807, 2.05) is 30.7 Å². The van der Waals surface area contributed by atoms with Crippen LogP contribution >= 0.6 is 0 Å². The van der Waals surface area contributed by atoms with Crippen LogP contribution in [0.5, 0.6) is 23.0 Å². The fraction of sp³-hybridized carbons (Fsp3) is 0.267. The second kappa shape index (κ2) is 15.7. The van der Waals surface area contributed by atoms with Crippen molar-refractivity contribution in [2.75, 3.05) is 27.4 Å². The summed E-state index contributed by atoms with van der Waals surface area (Å²) in [6.45, 7) is 2.94. The monoisotopic (exact) mass is 750 g/mol. The van der Waals surface area contributed by atoms with Gasteiger partial charge in [-0.3, -0.25) is 24.4 Å². The van der Waals surface area contributed by atoms with Crippen LogP contribution < -0.4 is 18.9 Å². The van der Waals surface area contributed by atoms with Gasteiger partial charge in [0.15, 0.2) is 23.0 Å². The summed E-state index contributed by atoms with van der Waals surface area (Å²) >= 11 is 0. The molecule has 2 unspecified atom stereocenters. The topological polar surface area (TPSA) is 119 Å². The molecule has 4 aliphatic heterocycles. The molecule has 4 aromatic carbocycles. The zero-order valence-electron chi connectivity index (χ0n) is 31.6. The Hall–Kier alpha value is -6.49. The van der Waals surface area contributed by atoms with Crippen molar-refractivity contribution in [2.45, 2.75) is 51.1 Å². The number of benzene rings is 4. The molecule has 0 radical (unpaired) electrons. The first-order valence-corrected chi connectivity index (χ1v) is 18.8. The SMILES string of the molecule is COc1cc2c(cc1OCCCCCOc1cc3c(cc1OC)C(=O)N1C=C(c4ccc(C=O)cc4)CC1C=N3)N=CC1CC(c3ccc(C)cc3)=CN1C2=O. The molecule has 0 bridgehead atoms. The highest BCUT2D eigenvalue weighted by molar-refractivity contribution is 6.06. The number of hydrogen-bond donors (Lipinski definition) is 0. The van der Waals surface area contributed by atoms with Gasteiger partial charge in [0.1, 0.15) is 6.29 Å². The molecule has 4 aromatic rings. The maximum Gasteiger partial charge on any atom is 0.260 e. The molecule has 0 aromatic heterocycles. The number of amides is 2. The number of ether oxygens (including phenoxy) is 4. The number of fused-ring (bicyclic) bond motifs is 4. The van der Waals surface area contributed by atoms with Crippen molar-refractivity contribution in [3.05, 3.63) is 119 Å². The first-order valence-electron chi connectivity index (χ1n) is 18.8. The van der Waals surface area contributed by atoms with Crippen molar-refractivity contribution in [1.29, 1.82) is 0 Å². The summed E-state index contributed by atoms with van der Waals surface area (Å²) in [5.74, 6) is 1.71. The van der Waals surface area contributed by atoms with Crippen LogP contribution in [-0.2, 0) is 0 Å². The number of nitrogens with zero attached hydrogens (tertiary/aromatic N) is 4. The van der Waals surface area contributed by atoms with Crippen molar-refractivity contribution in [2.24, 2.45) is 9.98 Å². The highest BCUT2D eigenvalue weighted by Crippen LogP contribution is 2.41. The summed E-state index contributed by atoms with van der Waals surface area (Å²) < 4.78 is 23.6. The Kier molecular flexibility index (Phi) is 10.2. The molecule has 284 valence electrons. The van der Waals surface area contributed by atoms with Crippen LogP contribution in [0.25, 0.3) is 11.1 Å². The Balaban J connectivity index is 0.850. The van der Waals surface area contributed by atoms with Gasteiger partial charge < -0.3 is 28.7 Å². The lowest BCUT2D eigenvalue weighted by Crippen LogP contribution is -2.32. The summed E-state index contributed by atoms with van der Waals surface area (Å²) in [7, 11) is 3.12. The first-order chi connectivity index (χ1) is 27.3. The van der Waals surface area contributed by atoms with E-state index in [2.05, 4.69) is 36.2 Å². The van der Waals surface area contributed by atoms with E-state index in [0.717, 1.165) is 47.8 Å². The van der Waals surface area contributed by atoms with Crippen molar-refractivity contribution in [1.82, 2.24) is 9.80 Å². The van der Waals surface area contributed by atoms with Gasteiger partial charge >= 0.3 is 0 Å². The van der Waals surface area contributed by atoms with E-state index in [9.17, 15) is 14.4 Å². The van der Waals surface area contributed by atoms with Gasteiger partial charge in [0.2, 0.25) is 0 Å². The largest absolute Gasteiger partial charge is 0.493 e. The Morgan fingerprint density at radius 1 is 0.643 bits per heavy atom. The maximum atomic E-state index is 13.7. The van der Waals surface area contributed by atoms with Crippen molar-refractivity contribution >= 4 is 53.1 Å². The van der Waals surface area contributed by atoms with Crippen LogP contribution in [0.2, 0.25) is 0 Å². The minimum atomic E-state index is -0.220. The third-order valence-corrected chi connectivity index (χ3v) is 10.6. The molecule has 4 heterocycles. The lowest BCUT2D eigenvalue weighted by atomic mass is 10.0. The van der Waals surface area contributed by atoms with Gasteiger partial charge in [-0.2, -0.15) is 0 Å². The summed E-state index contributed by atoms with van der Waals surface area (Å²) in [6.07, 6.45) is 11.9. The molecule has 4 aliphatic rings. The predicted octanol–water partition coefficient (Wildman–Crippen LogP) is 8.40. The number of aldehydes is 1. The molecule has 56 heavy (non-hydrogen) atoms. The molecule has 2 amide bonds. The Labute approximate surface area is 325 Å². The predicted molar refractivity (Wildman–Crippen MR) is 215 cm³/mol. The standard InChI is InChI=1S/C45H42N4O7/c1-28-7-11-30(12-8-28)32-17-34-23-46-38-21-42(40(53-2)19-36(38)44(51)48(34)25-32)55-15-5-4-6-16-56-43-22-39-37(20-41(43)54-3)45(52)49-26-33(18-35(49)24-47-39)31-13-9-29(27-50)10-14-31/h7-14,19-27,34-35H,4-6,15-18H2,1-3H3. The van der Waals surface area contributed by atoms with Gasteiger partial charge in [0.25, 0.3) is 11.8 Å². The molecule has 11 nitrogen and oxygen atoms in total. The van der Waals surface area contributed by atoms with Crippen LogP contribution in [0, 0.1) is 6.92 Å². The van der Waals surface area contributed by atoms with E-state index < -0.39 is 0 Å². The Morgan fingerprint density at radius 3 is 1.55 bits per heavy atom. The van der Waals surface area contributed by atoms with Gasteiger partial charge in [-0.05, 0) is 60.6 Å². The molecule has 8 rings (SSSR count).